The molecule has 0 atom stereocenters. The lowest BCUT2D eigenvalue weighted by molar-refractivity contribution is 0.257. The van der Waals surface area contributed by atoms with E-state index < -0.39 is 0 Å². The van der Waals surface area contributed by atoms with Crippen LogP contribution in [0.15, 0.2) is 11.1 Å². The van der Waals surface area contributed by atoms with Crippen molar-refractivity contribution >= 4 is 0 Å². The Kier molecular flexibility index (Phi) is 4.78. The fraction of sp³-hybridized carbons (Fsp3) is 0.600. The predicted octanol–water partition coefficient (Wildman–Crippen LogP) is 0.109. The van der Waals surface area contributed by atoms with Crippen LogP contribution in [-0.2, 0) is 0 Å². The fourth-order valence-corrected chi connectivity index (χ4v) is 1.20. The standard InChI is InChI=1S/C10H17N3O3/c1-13(2)5-4-6-16-10-8(15-3)9(14)11-7-12-10/h7H,4-6H2,1-3H3,(H,11,12,14). The average molecular weight is 227 g/mol. The Balaban J connectivity index is 2.53. The van der Waals surface area contributed by atoms with Gasteiger partial charge in [-0.05, 0) is 20.5 Å². The van der Waals surface area contributed by atoms with Crippen molar-refractivity contribution in [2.75, 3.05) is 34.4 Å². The van der Waals surface area contributed by atoms with Crippen molar-refractivity contribution in [3.8, 4) is 11.6 Å². The Bertz CT molecular complexity index is 376. The van der Waals surface area contributed by atoms with Crippen LogP contribution in [0.2, 0.25) is 0 Å². The molecule has 1 rings (SSSR count). The van der Waals surface area contributed by atoms with E-state index in [9.17, 15) is 4.79 Å². The SMILES string of the molecule is COc1c(OCCCN(C)C)nc[nH]c1=O. The lowest BCUT2D eigenvalue weighted by atomic mass is 10.4. The maximum Gasteiger partial charge on any atom is 0.297 e. The summed E-state index contributed by atoms with van der Waals surface area (Å²) in [5, 5.41) is 0. The number of nitrogens with one attached hydrogen (secondary N) is 1. The highest BCUT2D eigenvalue weighted by molar-refractivity contribution is 5.29. The molecule has 0 aliphatic heterocycles. The second kappa shape index (κ2) is 6.12. The summed E-state index contributed by atoms with van der Waals surface area (Å²) in [5.41, 5.74) is -0.333. The summed E-state index contributed by atoms with van der Waals surface area (Å²) in [5.74, 6) is 0.359. The van der Waals surface area contributed by atoms with Crippen LogP contribution in [0.3, 0.4) is 0 Å². The summed E-state index contributed by atoms with van der Waals surface area (Å²) in [6, 6.07) is 0. The van der Waals surface area contributed by atoms with Gasteiger partial charge >= 0.3 is 0 Å². The molecule has 0 aromatic carbocycles. The first-order chi connectivity index (χ1) is 7.65. The van der Waals surface area contributed by atoms with Crippen LogP contribution in [0.5, 0.6) is 11.6 Å². The molecule has 6 heteroatoms. The quantitative estimate of drug-likeness (QED) is 0.699. The van der Waals surface area contributed by atoms with E-state index in [-0.39, 0.29) is 17.2 Å². The zero-order chi connectivity index (χ0) is 12.0. The van der Waals surface area contributed by atoms with E-state index in [2.05, 4.69) is 14.9 Å². The van der Waals surface area contributed by atoms with Crippen LogP contribution < -0.4 is 15.0 Å². The third kappa shape index (κ3) is 3.54. The normalized spacial score (nSPS) is 10.5. The predicted molar refractivity (Wildman–Crippen MR) is 60.1 cm³/mol. The molecule has 0 radical (unpaired) electrons. The van der Waals surface area contributed by atoms with Crippen molar-refractivity contribution in [3.63, 3.8) is 0 Å². The zero-order valence-electron chi connectivity index (χ0n) is 9.82. The smallest absolute Gasteiger partial charge is 0.297 e. The molecule has 0 fully saturated rings. The number of ether oxygens (including phenoxy) is 2. The molecular formula is C10H17N3O3. The molecule has 0 aliphatic rings. The highest BCUT2D eigenvalue weighted by Gasteiger charge is 2.09. The highest BCUT2D eigenvalue weighted by atomic mass is 16.5. The van der Waals surface area contributed by atoms with Crippen molar-refractivity contribution in [2.24, 2.45) is 0 Å². The van der Waals surface area contributed by atoms with Crippen molar-refractivity contribution in [1.82, 2.24) is 14.9 Å². The Morgan fingerprint density at radius 2 is 2.25 bits per heavy atom. The second-order valence-corrected chi connectivity index (χ2v) is 3.58. The van der Waals surface area contributed by atoms with Gasteiger partial charge in [-0.25, -0.2) is 4.98 Å². The fourth-order valence-electron chi connectivity index (χ4n) is 1.20. The maximum absolute atomic E-state index is 11.3. The molecule has 0 aliphatic carbocycles. The second-order valence-electron chi connectivity index (χ2n) is 3.58. The average Bonchev–Trinajstić information content (AvgIpc) is 2.24. The molecule has 90 valence electrons. The van der Waals surface area contributed by atoms with Crippen molar-refractivity contribution in [1.29, 1.82) is 0 Å². The van der Waals surface area contributed by atoms with Gasteiger partial charge in [-0.15, -0.1) is 0 Å². The van der Waals surface area contributed by atoms with E-state index in [1.165, 1.54) is 13.4 Å². The summed E-state index contributed by atoms with van der Waals surface area (Å²) in [6.07, 6.45) is 2.16. The molecule has 1 aromatic rings. The number of hydrogen-bond acceptors (Lipinski definition) is 5. The summed E-state index contributed by atoms with van der Waals surface area (Å²) in [6.45, 7) is 1.43. The van der Waals surface area contributed by atoms with Crippen LogP contribution in [0.25, 0.3) is 0 Å². The molecule has 0 spiro atoms. The lowest BCUT2D eigenvalue weighted by Gasteiger charge is -2.10. The number of H-pyrrole nitrogens is 1. The van der Waals surface area contributed by atoms with E-state index in [0.29, 0.717) is 6.61 Å². The molecule has 1 heterocycles. The maximum atomic E-state index is 11.3. The highest BCUT2D eigenvalue weighted by Crippen LogP contribution is 2.17. The Labute approximate surface area is 94.2 Å². The minimum absolute atomic E-state index is 0.118. The molecule has 1 N–H and O–H groups in total. The number of aromatic amines is 1. The Morgan fingerprint density at radius 1 is 1.50 bits per heavy atom. The van der Waals surface area contributed by atoms with E-state index in [4.69, 9.17) is 9.47 Å². The van der Waals surface area contributed by atoms with Crippen molar-refractivity contribution in [3.05, 3.63) is 16.7 Å². The Hall–Kier alpha value is -1.56. The number of hydrogen-bond donors (Lipinski definition) is 1. The first kappa shape index (κ1) is 12.5. The van der Waals surface area contributed by atoms with Crippen LogP contribution in [0, 0.1) is 0 Å². The van der Waals surface area contributed by atoms with Crippen LogP contribution in [-0.4, -0.2) is 49.2 Å². The minimum atomic E-state index is -0.333. The molecule has 6 nitrogen and oxygen atoms in total. The topological polar surface area (TPSA) is 67.5 Å². The summed E-state index contributed by atoms with van der Waals surface area (Å²) < 4.78 is 10.3. The molecule has 0 unspecified atom stereocenters. The van der Waals surface area contributed by atoms with E-state index in [1.54, 1.807) is 0 Å². The van der Waals surface area contributed by atoms with Gasteiger partial charge in [0.2, 0.25) is 5.75 Å². The van der Waals surface area contributed by atoms with Gasteiger partial charge in [-0.3, -0.25) is 4.79 Å². The zero-order valence-corrected chi connectivity index (χ0v) is 9.82. The number of methoxy groups -OCH3 is 1. The number of nitrogens with zero attached hydrogens (tertiary/aromatic N) is 2. The minimum Gasteiger partial charge on any atom is -0.487 e. The molecule has 1 aromatic heterocycles. The summed E-state index contributed by atoms with van der Waals surface area (Å²) >= 11 is 0. The van der Waals surface area contributed by atoms with Gasteiger partial charge in [0.1, 0.15) is 0 Å². The van der Waals surface area contributed by atoms with Crippen LogP contribution in [0.4, 0.5) is 0 Å². The van der Waals surface area contributed by atoms with Gasteiger partial charge in [0.15, 0.2) is 0 Å². The van der Waals surface area contributed by atoms with Gasteiger partial charge in [0, 0.05) is 6.54 Å². The number of aromatic nitrogens is 2. The van der Waals surface area contributed by atoms with Crippen LogP contribution >= 0.6 is 0 Å². The summed E-state index contributed by atoms with van der Waals surface area (Å²) in [7, 11) is 5.40. The monoisotopic (exact) mass is 227 g/mol. The van der Waals surface area contributed by atoms with Gasteiger partial charge < -0.3 is 19.4 Å². The molecule has 0 amide bonds. The van der Waals surface area contributed by atoms with Crippen molar-refractivity contribution < 1.29 is 9.47 Å². The third-order valence-corrected chi connectivity index (χ3v) is 1.97. The lowest BCUT2D eigenvalue weighted by Crippen LogP contribution is -2.17. The largest absolute Gasteiger partial charge is 0.487 e. The third-order valence-electron chi connectivity index (χ3n) is 1.97. The van der Waals surface area contributed by atoms with E-state index in [0.717, 1.165) is 13.0 Å². The number of rotatable bonds is 6. The van der Waals surface area contributed by atoms with Crippen LogP contribution in [0.1, 0.15) is 6.42 Å². The molecule has 0 saturated heterocycles. The van der Waals surface area contributed by atoms with E-state index >= 15 is 0 Å². The molecular weight excluding hydrogens is 210 g/mol. The Morgan fingerprint density at radius 3 is 2.88 bits per heavy atom. The first-order valence-corrected chi connectivity index (χ1v) is 5.04. The van der Waals surface area contributed by atoms with E-state index in [1.807, 2.05) is 14.1 Å². The van der Waals surface area contributed by atoms with Gasteiger partial charge in [-0.1, -0.05) is 0 Å². The molecule has 0 bridgehead atoms. The first-order valence-electron chi connectivity index (χ1n) is 5.04. The summed E-state index contributed by atoms with van der Waals surface area (Å²) in [4.78, 5) is 19.7. The molecule has 16 heavy (non-hydrogen) atoms. The molecule has 0 saturated carbocycles. The van der Waals surface area contributed by atoms with Gasteiger partial charge in [-0.2, -0.15) is 0 Å². The van der Waals surface area contributed by atoms with Crippen molar-refractivity contribution in [2.45, 2.75) is 6.42 Å². The van der Waals surface area contributed by atoms with Gasteiger partial charge in [0.25, 0.3) is 11.4 Å². The van der Waals surface area contributed by atoms with Gasteiger partial charge in [0.05, 0.1) is 20.0 Å².